The number of rotatable bonds is 6. The maximum atomic E-state index is 6.19. The first-order valence-corrected chi connectivity index (χ1v) is 8.60. The van der Waals surface area contributed by atoms with E-state index in [0.29, 0.717) is 11.3 Å². The van der Waals surface area contributed by atoms with E-state index < -0.39 is 0 Å². The van der Waals surface area contributed by atoms with E-state index >= 15 is 0 Å². The molecule has 1 nitrogen and oxygen atoms in total. The van der Waals surface area contributed by atoms with Crippen LogP contribution in [0.2, 0.25) is 0 Å². The van der Waals surface area contributed by atoms with Gasteiger partial charge in [0.05, 0.1) is 5.60 Å². The molecule has 0 saturated heterocycles. The fourth-order valence-electron chi connectivity index (χ4n) is 2.00. The van der Waals surface area contributed by atoms with Crippen molar-refractivity contribution in [1.29, 1.82) is 0 Å². The van der Waals surface area contributed by atoms with Crippen LogP contribution in [0.1, 0.15) is 65.0 Å². The number of alkyl halides is 1. The van der Waals surface area contributed by atoms with Gasteiger partial charge in [-0.1, -0.05) is 74.8 Å². The second-order valence-electron chi connectivity index (χ2n) is 7.30. The predicted octanol–water partition coefficient (Wildman–Crippen LogP) is 5.87. The van der Waals surface area contributed by atoms with E-state index in [2.05, 4.69) is 81.7 Å². The van der Waals surface area contributed by atoms with Gasteiger partial charge in [-0.3, -0.25) is 0 Å². The summed E-state index contributed by atoms with van der Waals surface area (Å²) in [5, 5.41) is 0.811. The molecular weight excluding hydrogens is 312 g/mol. The van der Waals surface area contributed by atoms with Gasteiger partial charge in [-0.15, -0.1) is 0 Å². The molecule has 114 valence electrons. The van der Waals surface area contributed by atoms with Gasteiger partial charge in [0, 0.05) is 11.9 Å². The maximum absolute atomic E-state index is 6.19. The molecular formula is C18H29BrO. The molecule has 0 amide bonds. The van der Waals surface area contributed by atoms with E-state index in [4.69, 9.17) is 4.74 Å². The lowest BCUT2D eigenvalue weighted by atomic mass is 9.92. The van der Waals surface area contributed by atoms with Crippen LogP contribution in [0.4, 0.5) is 0 Å². The number of hydrogen-bond acceptors (Lipinski definition) is 1. The fraction of sp³-hybridized carbons (Fsp3) is 0.667. The Morgan fingerprint density at radius 1 is 1.05 bits per heavy atom. The molecule has 1 aromatic carbocycles. The monoisotopic (exact) mass is 340 g/mol. The molecule has 0 bridgehead atoms. The minimum absolute atomic E-state index is 0.249. The predicted molar refractivity (Wildman–Crippen MR) is 91.7 cm³/mol. The SMILES string of the molecule is CC(C)c1ccc(C(C)(CBr)OCCC(C)(C)C)cc1. The zero-order valence-electron chi connectivity index (χ0n) is 13.8. The summed E-state index contributed by atoms with van der Waals surface area (Å²) in [5.41, 5.74) is 2.68. The Labute approximate surface area is 133 Å². The van der Waals surface area contributed by atoms with Gasteiger partial charge in [0.15, 0.2) is 0 Å². The number of hydrogen-bond donors (Lipinski definition) is 0. The number of halogens is 1. The minimum Gasteiger partial charge on any atom is -0.370 e. The zero-order valence-corrected chi connectivity index (χ0v) is 15.4. The molecule has 1 aromatic rings. The summed E-state index contributed by atoms with van der Waals surface area (Å²) in [6.45, 7) is 14.1. The summed E-state index contributed by atoms with van der Waals surface area (Å²) < 4.78 is 6.19. The number of ether oxygens (including phenoxy) is 1. The minimum atomic E-state index is -0.249. The Morgan fingerprint density at radius 2 is 1.60 bits per heavy atom. The molecule has 1 rings (SSSR count). The summed E-state index contributed by atoms with van der Waals surface area (Å²) in [7, 11) is 0. The van der Waals surface area contributed by atoms with Crippen LogP contribution in [0.25, 0.3) is 0 Å². The molecule has 0 aliphatic rings. The Morgan fingerprint density at radius 3 is 2.00 bits per heavy atom. The van der Waals surface area contributed by atoms with Crippen molar-refractivity contribution in [1.82, 2.24) is 0 Å². The Kier molecular flexibility index (Phi) is 6.27. The van der Waals surface area contributed by atoms with E-state index in [0.717, 1.165) is 18.4 Å². The van der Waals surface area contributed by atoms with E-state index in [1.54, 1.807) is 0 Å². The van der Waals surface area contributed by atoms with E-state index in [-0.39, 0.29) is 5.60 Å². The van der Waals surface area contributed by atoms with Gasteiger partial charge in [0.1, 0.15) is 0 Å². The van der Waals surface area contributed by atoms with Crippen molar-refractivity contribution in [3.05, 3.63) is 35.4 Å². The molecule has 0 aliphatic carbocycles. The van der Waals surface area contributed by atoms with Crippen LogP contribution in [0.15, 0.2) is 24.3 Å². The van der Waals surface area contributed by atoms with Gasteiger partial charge >= 0.3 is 0 Å². The lowest BCUT2D eigenvalue weighted by Gasteiger charge is -2.30. The third-order valence-corrected chi connectivity index (χ3v) is 4.79. The smallest absolute Gasteiger partial charge is 0.0999 e. The lowest BCUT2D eigenvalue weighted by Crippen LogP contribution is -2.29. The third-order valence-electron chi connectivity index (χ3n) is 3.72. The molecule has 0 N–H and O–H groups in total. The second kappa shape index (κ2) is 7.09. The van der Waals surface area contributed by atoms with Gasteiger partial charge in [-0.25, -0.2) is 0 Å². The Balaban J connectivity index is 2.77. The third kappa shape index (κ3) is 5.21. The fourth-order valence-corrected chi connectivity index (χ4v) is 2.49. The Bertz CT molecular complexity index is 402. The summed E-state index contributed by atoms with van der Waals surface area (Å²) in [5.74, 6) is 0.570. The van der Waals surface area contributed by atoms with E-state index in [9.17, 15) is 0 Å². The highest BCUT2D eigenvalue weighted by Gasteiger charge is 2.27. The van der Waals surface area contributed by atoms with Crippen LogP contribution >= 0.6 is 15.9 Å². The van der Waals surface area contributed by atoms with Gasteiger partial charge in [0.25, 0.3) is 0 Å². The van der Waals surface area contributed by atoms with E-state index in [1.165, 1.54) is 11.1 Å². The highest BCUT2D eigenvalue weighted by molar-refractivity contribution is 9.09. The van der Waals surface area contributed by atoms with Gasteiger partial charge in [-0.05, 0) is 35.8 Å². The highest BCUT2D eigenvalue weighted by atomic mass is 79.9. The van der Waals surface area contributed by atoms with Gasteiger partial charge in [-0.2, -0.15) is 0 Å². The average molecular weight is 341 g/mol. The topological polar surface area (TPSA) is 9.23 Å². The largest absolute Gasteiger partial charge is 0.370 e. The number of benzene rings is 1. The zero-order chi connectivity index (χ0) is 15.4. The van der Waals surface area contributed by atoms with Crippen LogP contribution in [-0.4, -0.2) is 11.9 Å². The summed E-state index contributed by atoms with van der Waals surface area (Å²) >= 11 is 3.61. The van der Waals surface area contributed by atoms with Crippen LogP contribution in [0, 0.1) is 5.41 Å². The molecule has 0 saturated carbocycles. The lowest BCUT2D eigenvalue weighted by molar-refractivity contribution is -0.0271. The van der Waals surface area contributed by atoms with Crippen LogP contribution in [-0.2, 0) is 10.3 Å². The first-order chi connectivity index (χ1) is 9.18. The molecule has 0 spiro atoms. The molecule has 1 atom stereocenters. The maximum Gasteiger partial charge on any atom is 0.0999 e. The second-order valence-corrected chi connectivity index (χ2v) is 7.86. The van der Waals surface area contributed by atoms with Gasteiger partial charge < -0.3 is 4.74 Å². The quantitative estimate of drug-likeness (QED) is 0.588. The van der Waals surface area contributed by atoms with Crippen molar-refractivity contribution >= 4 is 15.9 Å². The van der Waals surface area contributed by atoms with Crippen molar-refractivity contribution in [3.63, 3.8) is 0 Å². The summed E-state index contributed by atoms with van der Waals surface area (Å²) in [4.78, 5) is 0. The van der Waals surface area contributed by atoms with Crippen molar-refractivity contribution in [2.45, 2.75) is 59.5 Å². The molecule has 0 heterocycles. The first kappa shape index (κ1) is 17.7. The molecule has 0 fully saturated rings. The molecule has 20 heavy (non-hydrogen) atoms. The first-order valence-electron chi connectivity index (χ1n) is 7.48. The van der Waals surface area contributed by atoms with Crippen molar-refractivity contribution in [3.8, 4) is 0 Å². The molecule has 0 aliphatic heterocycles. The summed E-state index contributed by atoms with van der Waals surface area (Å²) in [6.07, 6.45) is 1.07. The van der Waals surface area contributed by atoms with Gasteiger partial charge in [0.2, 0.25) is 0 Å². The van der Waals surface area contributed by atoms with E-state index in [1.807, 2.05) is 0 Å². The Hall–Kier alpha value is -0.340. The van der Waals surface area contributed by atoms with Crippen molar-refractivity contribution < 1.29 is 4.74 Å². The highest BCUT2D eigenvalue weighted by Crippen LogP contribution is 2.30. The molecule has 0 radical (unpaired) electrons. The molecule has 0 aromatic heterocycles. The molecule has 2 heteroatoms. The van der Waals surface area contributed by atoms with Crippen molar-refractivity contribution in [2.24, 2.45) is 5.41 Å². The standard InChI is InChI=1S/C18H29BrO/c1-14(2)15-7-9-16(10-8-15)18(6,13-19)20-12-11-17(3,4)5/h7-10,14H,11-13H2,1-6H3. The molecule has 1 unspecified atom stereocenters. The van der Waals surface area contributed by atoms with Crippen LogP contribution in [0.3, 0.4) is 0 Å². The van der Waals surface area contributed by atoms with Crippen LogP contribution < -0.4 is 0 Å². The average Bonchev–Trinajstić information content (AvgIpc) is 2.37. The van der Waals surface area contributed by atoms with Crippen LogP contribution in [0.5, 0.6) is 0 Å². The van der Waals surface area contributed by atoms with Crippen molar-refractivity contribution in [2.75, 3.05) is 11.9 Å². The normalized spacial score (nSPS) is 15.4. The summed E-state index contributed by atoms with van der Waals surface area (Å²) in [6, 6.07) is 8.84.